The van der Waals surface area contributed by atoms with E-state index < -0.39 is 27.0 Å². The first-order valence-corrected chi connectivity index (χ1v) is 9.75. The van der Waals surface area contributed by atoms with Crippen molar-refractivity contribution in [2.45, 2.75) is 19.7 Å². The highest BCUT2D eigenvalue weighted by atomic mass is 31.2. The highest BCUT2D eigenvalue weighted by Gasteiger charge is 2.39. The molecule has 0 amide bonds. The molecule has 0 heterocycles. The van der Waals surface area contributed by atoms with Gasteiger partial charge in [0.1, 0.15) is 0 Å². The largest absolute Gasteiger partial charge is 0.380 e. The summed E-state index contributed by atoms with van der Waals surface area (Å²) in [5.41, 5.74) is 0. The number of hydrogen-bond donors (Lipinski definition) is 2. The Bertz CT molecular complexity index is 494. The maximum Gasteiger partial charge on any atom is 0.359 e. The molecular weight excluding hydrogens is 302 g/mol. The maximum absolute atomic E-state index is 12.3. The molecule has 0 spiro atoms. The summed E-state index contributed by atoms with van der Waals surface area (Å²) in [5, 5.41) is 10.2. The maximum atomic E-state index is 12.3. The Morgan fingerprint density at radius 2 is 1.60 bits per heavy atom. The molecule has 2 N–H and O–H groups in total. The minimum absolute atomic E-state index is 0.0788. The molecule has 0 aliphatic heterocycles. The third-order valence-electron chi connectivity index (χ3n) is 2.55. The Labute approximate surface area is 118 Å². The first-order valence-electron chi connectivity index (χ1n) is 6.30. The van der Waals surface area contributed by atoms with Crippen LogP contribution in [0.3, 0.4) is 0 Å². The molecule has 0 radical (unpaired) electrons. The van der Waals surface area contributed by atoms with Gasteiger partial charge in [0.15, 0.2) is 5.85 Å². The van der Waals surface area contributed by atoms with Crippen molar-refractivity contribution in [2.75, 3.05) is 19.4 Å². The van der Waals surface area contributed by atoms with Gasteiger partial charge in [0.2, 0.25) is 7.37 Å². The molecule has 0 bridgehead atoms. The fraction of sp³-hybridized carbons (Fsp3) is 0.500. The predicted octanol–water partition coefficient (Wildman–Crippen LogP) is 2.17. The van der Waals surface area contributed by atoms with E-state index in [-0.39, 0.29) is 18.5 Å². The highest BCUT2D eigenvalue weighted by Crippen LogP contribution is 2.56. The van der Waals surface area contributed by atoms with Crippen LogP contribution in [0.5, 0.6) is 0 Å². The summed E-state index contributed by atoms with van der Waals surface area (Å²) in [7, 11) is -7.63. The second-order valence-electron chi connectivity index (χ2n) is 4.08. The van der Waals surface area contributed by atoms with Crippen LogP contribution in [0.25, 0.3) is 0 Å². The number of benzene rings is 1. The van der Waals surface area contributed by atoms with Gasteiger partial charge in [0.25, 0.3) is 0 Å². The highest BCUT2D eigenvalue weighted by molar-refractivity contribution is 7.67. The zero-order chi connectivity index (χ0) is 15.2. The van der Waals surface area contributed by atoms with Crippen molar-refractivity contribution >= 4 is 20.3 Å². The summed E-state index contributed by atoms with van der Waals surface area (Å²) >= 11 is 0. The average Bonchev–Trinajstić information content (AvgIpc) is 2.40. The molecule has 20 heavy (non-hydrogen) atoms. The Balaban J connectivity index is 2.90. The topological polar surface area (TPSA) is 93.1 Å². The Morgan fingerprint density at radius 1 is 1.10 bits per heavy atom. The van der Waals surface area contributed by atoms with Gasteiger partial charge in [-0.25, -0.2) is 0 Å². The molecule has 0 aromatic heterocycles. The SMILES string of the molecule is CCOP(=O)(OCC)C(O)CP(=O)(O)c1ccccc1. The lowest BCUT2D eigenvalue weighted by molar-refractivity contribution is 0.157. The molecule has 114 valence electrons. The van der Waals surface area contributed by atoms with Gasteiger partial charge < -0.3 is 19.0 Å². The molecule has 2 atom stereocenters. The molecule has 0 fully saturated rings. The molecule has 1 aromatic carbocycles. The average molecular weight is 322 g/mol. The quantitative estimate of drug-likeness (QED) is 0.713. The first kappa shape index (κ1) is 17.6. The van der Waals surface area contributed by atoms with Crippen molar-refractivity contribution in [1.29, 1.82) is 0 Å². The van der Waals surface area contributed by atoms with Gasteiger partial charge in [-0.15, -0.1) is 0 Å². The van der Waals surface area contributed by atoms with Gasteiger partial charge in [0, 0.05) is 5.30 Å². The normalized spacial score (nSPS) is 16.6. The van der Waals surface area contributed by atoms with Crippen molar-refractivity contribution in [3.05, 3.63) is 30.3 Å². The van der Waals surface area contributed by atoms with Gasteiger partial charge in [-0.05, 0) is 26.0 Å². The molecule has 2 unspecified atom stereocenters. The predicted molar refractivity (Wildman–Crippen MR) is 77.6 cm³/mol. The van der Waals surface area contributed by atoms with E-state index in [1.807, 2.05) is 0 Å². The summed E-state index contributed by atoms with van der Waals surface area (Å²) in [6.07, 6.45) is -0.575. The monoisotopic (exact) mass is 322 g/mol. The smallest absolute Gasteiger partial charge is 0.359 e. The summed E-state index contributed by atoms with van der Waals surface area (Å²) < 4.78 is 34.5. The summed E-state index contributed by atoms with van der Waals surface area (Å²) in [4.78, 5) is 10.0. The van der Waals surface area contributed by atoms with E-state index in [9.17, 15) is 19.1 Å². The van der Waals surface area contributed by atoms with Crippen LogP contribution in [0.4, 0.5) is 0 Å². The minimum Gasteiger partial charge on any atom is -0.380 e. The Morgan fingerprint density at radius 3 is 2.05 bits per heavy atom. The molecule has 0 saturated heterocycles. The van der Waals surface area contributed by atoms with E-state index in [0.29, 0.717) is 0 Å². The molecule has 6 nitrogen and oxygen atoms in total. The van der Waals surface area contributed by atoms with Crippen LogP contribution in [0.2, 0.25) is 0 Å². The van der Waals surface area contributed by atoms with Gasteiger partial charge in [-0.2, -0.15) is 0 Å². The lowest BCUT2D eigenvalue weighted by Crippen LogP contribution is -2.20. The van der Waals surface area contributed by atoms with E-state index >= 15 is 0 Å². The van der Waals surface area contributed by atoms with Crippen molar-refractivity contribution in [2.24, 2.45) is 0 Å². The number of aliphatic hydroxyl groups is 1. The van der Waals surface area contributed by atoms with E-state index in [0.717, 1.165) is 0 Å². The second-order valence-corrected chi connectivity index (χ2v) is 8.55. The molecule has 8 heteroatoms. The van der Waals surface area contributed by atoms with Crippen LogP contribution >= 0.6 is 15.0 Å². The van der Waals surface area contributed by atoms with Crippen molar-refractivity contribution in [3.63, 3.8) is 0 Å². The molecule has 0 aliphatic carbocycles. The number of rotatable bonds is 8. The zero-order valence-electron chi connectivity index (χ0n) is 11.5. The van der Waals surface area contributed by atoms with Crippen molar-refractivity contribution in [3.8, 4) is 0 Å². The zero-order valence-corrected chi connectivity index (χ0v) is 13.3. The molecular formula is C12H20O6P2. The molecule has 1 rings (SSSR count). The van der Waals surface area contributed by atoms with E-state index in [2.05, 4.69) is 0 Å². The molecule has 0 saturated carbocycles. The van der Waals surface area contributed by atoms with Gasteiger partial charge in [-0.3, -0.25) is 9.13 Å². The lowest BCUT2D eigenvalue weighted by atomic mass is 10.4. The first-order chi connectivity index (χ1) is 9.35. The van der Waals surface area contributed by atoms with E-state index in [1.165, 1.54) is 12.1 Å². The van der Waals surface area contributed by atoms with Crippen LogP contribution < -0.4 is 5.30 Å². The van der Waals surface area contributed by atoms with Crippen LogP contribution in [-0.2, 0) is 18.2 Å². The number of aliphatic hydroxyl groups excluding tert-OH is 1. The molecule has 0 aliphatic rings. The summed E-state index contributed by atoms with van der Waals surface area (Å²) in [5.74, 6) is -1.64. The molecule has 1 aromatic rings. The van der Waals surface area contributed by atoms with Crippen molar-refractivity contribution < 1.29 is 28.2 Å². The van der Waals surface area contributed by atoms with E-state index in [1.54, 1.807) is 32.0 Å². The van der Waals surface area contributed by atoms with Crippen LogP contribution in [-0.4, -0.2) is 35.2 Å². The summed E-state index contributed by atoms with van der Waals surface area (Å²) in [6.45, 7) is 3.37. The Hall–Kier alpha value is -0.480. The Kier molecular flexibility index (Phi) is 6.59. The van der Waals surface area contributed by atoms with Gasteiger partial charge in [0.05, 0.1) is 19.4 Å². The van der Waals surface area contributed by atoms with E-state index in [4.69, 9.17) is 9.05 Å². The van der Waals surface area contributed by atoms with Crippen LogP contribution in [0, 0.1) is 0 Å². The summed E-state index contributed by atoms with van der Waals surface area (Å²) in [6, 6.07) is 7.93. The van der Waals surface area contributed by atoms with Gasteiger partial charge in [-0.1, -0.05) is 18.2 Å². The lowest BCUT2D eigenvalue weighted by Gasteiger charge is -2.24. The standard InChI is InChI=1S/C12H20O6P2/c1-3-17-20(16,18-4-2)12(13)10-19(14,15)11-8-6-5-7-9-11/h5-9,12-13H,3-4,10H2,1-2H3,(H,14,15). The third kappa shape index (κ3) is 4.52. The fourth-order valence-corrected chi connectivity index (χ4v) is 5.55. The fourth-order valence-electron chi connectivity index (χ4n) is 1.66. The van der Waals surface area contributed by atoms with Crippen molar-refractivity contribution in [1.82, 2.24) is 0 Å². The second kappa shape index (κ2) is 7.51. The third-order valence-corrected chi connectivity index (χ3v) is 6.94. The number of hydrogen-bond acceptors (Lipinski definition) is 5. The minimum atomic E-state index is -3.83. The van der Waals surface area contributed by atoms with Crippen LogP contribution in [0.1, 0.15) is 13.8 Å². The van der Waals surface area contributed by atoms with Gasteiger partial charge >= 0.3 is 7.60 Å². The van der Waals surface area contributed by atoms with Crippen LogP contribution in [0.15, 0.2) is 30.3 Å².